The van der Waals surface area contributed by atoms with E-state index in [9.17, 15) is 13.2 Å². The first kappa shape index (κ1) is 21.8. The van der Waals surface area contributed by atoms with Crippen molar-refractivity contribution in [2.75, 3.05) is 27.3 Å². The van der Waals surface area contributed by atoms with Gasteiger partial charge in [-0.1, -0.05) is 6.07 Å². The maximum absolute atomic E-state index is 13.2. The van der Waals surface area contributed by atoms with E-state index in [0.717, 1.165) is 25.5 Å². The Bertz CT molecular complexity index is 576. The van der Waals surface area contributed by atoms with Crippen LogP contribution in [0, 0.1) is 0 Å². The number of benzene rings is 1. The molecule has 0 saturated carbocycles. The molecule has 0 aromatic heterocycles. The molecular weight excluding hydrogens is 450 g/mol. The fourth-order valence-electron chi connectivity index (χ4n) is 2.52. The van der Waals surface area contributed by atoms with Crippen LogP contribution < -0.4 is 15.4 Å². The van der Waals surface area contributed by atoms with E-state index < -0.39 is 11.7 Å². The van der Waals surface area contributed by atoms with Crippen molar-refractivity contribution in [3.8, 4) is 5.75 Å². The second-order valence-electron chi connectivity index (χ2n) is 5.46. The fourth-order valence-corrected chi connectivity index (χ4v) is 2.52. The van der Waals surface area contributed by atoms with Crippen LogP contribution in [-0.4, -0.2) is 39.4 Å². The quantitative estimate of drug-likeness (QED) is 0.392. The van der Waals surface area contributed by atoms with Crippen molar-refractivity contribution in [2.45, 2.75) is 31.7 Å². The predicted octanol–water partition coefficient (Wildman–Crippen LogP) is 3.18. The Balaban J connectivity index is 0.00000312. The number of rotatable bonds is 5. The normalized spacial score (nSPS) is 17.8. The third kappa shape index (κ3) is 6.53. The summed E-state index contributed by atoms with van der Waals surface area (Å²) < 4.78 is 49.9. The number of ether oxygens (including phenoxy) is 2. The zero-order valence-electron chi connectivity index (χ0n) is 14.2. The average molecular weight is 473 g/mol. The number of aliphatic imine (C=N–C) groups is 1. The Morgan fingerprint density at radius 3 is 2.68 bits per heavy atom. The summed E-state index contributed by atoms with van der Waals surface area (Å²) in [6.07, 6.45) is -2.32. The third-order valence-corrected chi connectivity index (χ3v) is 3.81. The minimum Gasteiger partial charge on any atom is -0.497 e. The van der Waals surface area contributed by atoms with Gasteiger partial charge in [0.2, 0.25) is 0 Å². The summed E-state index contributed by atoms with van der Waals surface area (Å²) in [5.74, 6) is 0.612. The molecule has 1 aliphatic rings. The Morgan fingerprint density at radius 2 is 2.12 bits per heavy atom. The first-order valence-corrected chi connectivity index (χ1v) is 7.74. The molecule has 1 heterocycles. The maximum Gasteiger partial charge on any atom is 0.416 e. The van der Waals surface area contributed by atoms with Gasteiger partial charge in [0.25, 0.3) is 0 Å². The molecule has 9 heteroatoms. The van der Waals surface area contributed by atoms with Crippen LogP contribution in [0.4, 0.5) is 13.2 Å². The van der Waals surface area contributed by atoms with E-state index in [1.165, 1.54) is 19.2 Å². The van der Waals surface area contributed by atoms with Crippen molar-refractivity contribution in [3.05, 3.63) is 29.3 Å². The molecule has 1 aromatic carbocycles. The van der Waals surface area contributed by atoms with Crippen molar-refractivity contribution in [1.29, 1.82) is 0 Å². The molecule has 0 spiro atoms. The third-order valence-electron chi connectivity index (χ3n) is 3.81. The molecule has 0 amide bonds. The van der Waals surface area contributed by atoms with E-state index in [1.54, 1.807) is 7.05 Å². The van der Waals surface area contributed by atoms with Gasteiger partial charge in [0, 0.05) is 26.7 Å². The number of hydrogen-bond acceptors (Lipinski definition) is 3. The zero-order chi connectivity index (χ0) is 17.6. The summed E-state index contributed by atoms with van der Waals surface area (Å²) in [4.78, 5) is 4.02. The molecule has 2 rings (SSSR count). The van der Waals surface area contributed by atoms with Crippen LogP contribution in [0.1, 0.15) is 24.0 Å². The van der Waals surface area contributed by atoms with Gasteiger partial charge in [0.05, 0.1) is 18.8 Å². The average Bonchev–Trinajstić information content (AvgIpc) is 3.07. The SMILES string of the molecule is CN=C(NCc1ccc(OC)cc1C(F)(F)F)NCC1CCCO1.I. The van der Waals surface area contributed by atoms with Gasteiger partial charge in [-0.25, -0.2) is 0 Å². The summed E-state index contributed by atoms with van der Waals surface area (Å²) in [6.45, 7) is 1.33. The van der Waals surface area contributed by atoms with Gasteiger partial charge in [-0.2, -0.15) is 13.2 Å². The molecule has 142 valence electrons. The summed E-state index contributed by atoms with van der Waals surface area (Å²) in [6, 6.07) is 3.91. The number of guanidine groups is 1. The smallest absolute Gasteiger partial charge is 0.416 e. The second-order valence-corrected chi connectivity index (χ2v) is 5.46. The van der Waals surface area contributed by atoms with Crippen LogP contribution in [0.2, 0.25) is 0 Å². The molecule has 5 nitrogen and oxygen atoms in total. The van der Waals surface area contributed by atoms with Crippen LogP contribution in [0.5, 0.6) is 5.75 Å². The van der Waals surface area contributed by atoms with E-state index in [0.29, 0.717) is 12.5 Å². The standard InChI is InChI=1S/C16H22F3N3O2.HI/c1-20-15(22-10-13-4-3-7-24-13)21-9-11-5-6-12(23-2)8-14(11)16(17,18)19;/h5-6,8,13H,3-4,7,9-10H2,1-2H3,(H2,20,21,22);1H. The van der Waals surface area contributed by atoms with Crippen LogP contribution in [0.3, 0.4) is 0 Å². The van der Waals surface area contributed by atoms with Crippen LogP contribution in [0.15, 0.2) is 23.2 Å². The first-order chi connectivity index (χ1) is 11.4. The number of alkyl halides is 3. The monoisotopic (exact) mass is 473 g/mol. The minimum absolute atomic E-state index is 0. The summed E-state index contributed by atoms with van der Waals surface area (Å²) in [5.41, 5.74) is -0.590. The maximum atomic E-state index is 13.2. The zero-order valence-corrected chi connectivity index (χ0v) is 16.5. The van der Waals surface area contributed by atoms with Crippen molar-refractivity contribution >= 4 is 29.9 Å². The highest BCUT2D eigenvalue weighted by Gasteiger charge is 2.33. The Hall–Kier alpha value is -1.23. The second kappa shape index (κ2) is 10.0. The molecule has 0 radical (unpaired) electrons. The van der Waals surface area contributed by atoms with Crippen molar-refractivity contribution in [3.63, 3.8) is 0 Å². The number of nitrogens with one attached hydrogen (secondary N) is 2. The van der Waals surface area contributed by atoms with Crippen LogP contribution in [0.25, 0.3) is 0 Å². The number of hydrogen-bond donors (Lipinski definition) is 2. The largest absolute Gasteiger partial charge is 0.497 e. The molecule has 1 fully saturated rings. The number of methoxy groups -OCH3 is 1. The Labute approximate surface area is 162 Å². The highest BCUT2D eigenvalue weighted by atomic mass is 127. The van der Waals surface area contributed by atoms with Gasteiger partial charge < -0.3 is 20.1 Å². The van der Waals surface area contributed by atoms with E-state index >= 15 is 0 Å². The lowest BCUT2D eigenvalue weighted by Crippen LogP contribution is -2.40. The Morgan fingerprint density at radius 1 is 1.36 bits per heavy atom. The van der Waals surface area contributed by atoms with E-state index in [-0.39, 0.29) is 47.9 Å². The highest BCUT2D eigenvalue weighted by Crippen LogP contribution is 2.34. The van der Waals surface area contributed by atoms with Crippen molar-refractivity contribution in [2.24, 2.45) is 4.99 Å². The van der Waals surface area contributed by atoms with E-state index in [2.05, 4.69) is 15.6 Å². The molecule has 2 N–H and O–H groups in total. The molecule has 0 bridgehead atoms. The molecular formula is C16H23F3IN3O2. The topological polar surface area (TPSA) is 54.9 Å². The lowest BCUT2D eigenvalue weighted by molar-refractivity contribution is -0.138. The number of nitrogens with zero attached hydrogens (tertiary/aromatic N) is 1. The van der Waals surface area contributed by atoms with E-state index in [4.69, 9.17) is 9.47 Å². The molecule has 1 unspecified atom stereocenters. The van der Waals surface area contributed by atoms with Gasteiger partial charge in [0.15, 0.2) is 5.96 Å². The van der Waals surface area contributed by atoms with Gasteiger partial charge in [-0.3, -0.25) is 4.99 Å². The molecule has 0 aliphatic carbocycles. The lowest BCUT2D eigenvalue weighted by Gasteiger charge is -2.17. The molecule has 1 saturated heterocycles. The number of halogens is 4. The van der Waals surface area contributed by atoms with Crippen LogP contribution in [-0.2, 0) is 17.5 Å². The molecule has 25 heavy (non-hydrogen) atoms. The van der Waals surface area contributed by atoms with Gasteiger partial charge in [-0.05, 0) is 30.5 Å². The predicted molar refractivity (Wildman–Crippen MR) is 101 cm³/mol. The molecule has 1 aliphatic heterocycles. The summed E-state index contributed by atoms with van der Waals surface area (Å²) >= 11 is 0. The first-order valence-electron chi connectivity index (χ1n) is 7.74. The van der Waals surface area contributed by atoms with E-state index in [1.807, 2.05) is 0 Å². The van der Waals surface area contributed by atoms with Gasteiger partial charge >= 0.3 is 6.18 Å². The van der Waals surface area contributed by atoms with Gasteiger partial charge in [-0.15, -0.1) is 24.0 Å². The summed E-state index contributed by atoms with van der Waals surface area (Å²) in [7, 11) is 2.91. The van der Waals surface area contributed by atoms with Crippen LogP contribution >= 0.6 is 24.0 Å². The molecule has 1 aromatic rings. The Kier molecular flexibility index (Phi) is 8.77. The highest BCUT2D eigenvalue weighted by molar-refractivity contribution is 14.0. The van der Waals surface area contributed by atoms with Crippen molar-refractivity contribution < 1.29 is 22.6 Å². The van der Waals surface area contributed by atoms with Gasteiger partial charge in [0.1, 0.15) is 5.75 Å². The molecule has 1 atom stereocenters. The summed E-state index contributed by atoms with van der Waals surface area (Å²) in [5, 5.41) is 5.97. The van der Waals surface area contributed by atoms with Crippen molar-refractivity contribution in [1.82, 2.24) is 10.6 Å². The minimum atomic E-state index is -4.44. The lowest BCUT2D eigenvalue weighted by atomic mass is 10.1. The fraction of sp³-hybridized carbons (Fsp3) is 0.562.